The quantitative estimate of drug-likeness (QED) is 0.521. The van der Waals surface area contributed by atoms with Gasteiger partial charge in [0.25, 0.3) is 5.78 Å². The molecule has 1 aromatic carbocycles. The van der Waals surface area contributed by atoms with Gasteiger partial charge in [0.05, 0.1) is 11.6 Å². The molecule has 0 unspecified atom stereocenters. The van der Waals surface area contributed by atoms with Gasteiger partial charge in [-0.05, 0) is 24.6 Å². The van der Waals surface area contributed by atoms with Gasteiger partial charge in [-0.25, -0.2) is 0 Å². The highest BCUT2D eigenvalue weighted by Crippen LogP contribution is 2.29. The number of halogens is 4. The summed E-state index contributed by atoms with van der Waals surface area (Å²) in [5.74, 6) is -1.62. The first kappa shape index (κ1) is 16.8. The van der Waals surface area contributed by atoms with E-state index in [9.17, 15) is 18.0 Å². The second-order valence-electron chi connectivity index (χ2n) is 4.38. The average molecular weight is 309 g/mol. The zero-order valence-corrected chi connectivity index (χ0v) is 11.9. The zero-order valence-electron chi connectivity index (χ0n) is 11.1. The molecule has 0 aliphatic heterocycles. The molecule has 0 spiro atoms. The number of benzene rings is 1. The lowest BCUT2D eigenvalue weighted by Crippen LogP contribution is -2.22. The predicted octanol–water partition coefficient (Wildman–Crippen LogP) is 5.04. The van der Waals surface area contributed by atoms with Crippen molar-refractivity contribution in [2.24, 2.45) is 0 Å². The topological polar surface area (TPSA) is 26.3 Å². The minimum absolute atomic E-state index is 0.00981. The Morgan fingerprint density at radius 2 is 1.95 bits per heavy atom. The van der Waals surface area contributed by atoms with Gasteiger partial charge in [-0.2, -0.15) is 13.2 Å². The van der Waals surface area contributed by atoms with Crippen molar-refractivity contribution in [2.45, 2.75) is 38.8 Å². The molecule has 0 aromatic heterocycles. The third-order valence-corrected chi connectivity index (χ3v) is 3.00. The van der Waals surface area contributed by atoms with E-state index in [2.05, 4.69) is 6.92 Å². The van der Waals surface area contributed by atoms with Crippen LogP contribution in [0.25, 0.3) is 0 Å². The van der Waals surface area contributed by atoms with Gasteiger partial charge in [0.15, 0.2) is 0 Å². The lowest BCUT2D eigenvalue weighted by atomic mass is 10.1. The molecule has 0 amide bonds. The number of carbonyl (C=O) groups excluding carboxylic acids is 1. The van der Waals surface area contributed by atoms with Crippen molar-refractivity contribution in [3.05, 3.63) is 28.8 Å². The molecule has 0 aliphatic rings. The van der Waals surface area contributed by atoms with Crippen molar-refractivity contribution in [3.8, 4) is 5.75 Å². The van der Waals surface area contributed by atoms with Gasteiger partial charge in [0.2, 0.25) is 0 Å². The lowest BCUT2D eigenvalue weighted by Gasteiger charge is -2.10. The minimum atomic E-state index is -4.90. The van der Waals surface area contributed by atoms with Crippen molar-refractivity contribution < 1.29 is 22.7 Å². The van der Waals surface area contributed by atoms with Gasteiger partial charge in [-0.1, -0.05) is 37.8 Å². The minimum Gasteiger partial charge on any atom is -0.492 e. The summed E-state index contributed by atoms with van der Waals surface area (Å²) in [6.07, 6.45) is -0.802. The molecule has 6 heteroatoms. The van der Waals surface area contributed by atoms with E-state index >= 15 is 0 Å². The van der Waals surface area contributed by atoms with Crippen molar-refractivity contribution >= 4 is 17.4 Å². The van der Waals surface area contributed by atoms with Crippen molar-refractivity contribution in [2.75, 3.05) is 6.61 Å². The molecule has 0 radical (unpaired) electrons. The van der Waals surface area contributed by atoms with Crippen LogP contribution in [0.1, 0.15) is 43.0 Å². The van der Waals surface area contributed by atoms with Crippen LogP contribution in [0.4, 0.5) is 13.2 Å². The fraction of sp³-hybridized carbons (Fsp3) is 0.500. The van der Waals surface area contributed by atoms with E-state index in [1.54, 1.807) is 0 Å². The number of hydrogen-bond acceptors (Lipinski definition) is 2. The SMILES string of the molecule is CCCCCCOc1ccc(C(=O)C(F)(F)F)cc1Cl. The third kappa shape index (κ3) is 5.04. The Morgan fingerprint density at radius 1 is 1.25 bits per heavy atom. The van der Waals surface area contributed by atoms with Crippen LogP contribution >= 0.6 is 11.6 Å². The molecule has 1 aromatic rings. The summed E-state index contributed by atoms with van der Waals surface area (Å²) < 4.78 is 42.2. The molecule has 0 saturated heterocycles. The Morgan fingerprint density at radius 3 is 2.50 bits per heavy atom. The summed E-state index contributed by atoms with van der Waals surface area (Å²) in [5, 5.41) is 0.00981. The van der Waals surface area contributed by atoms with Crippen LogP contribution in [-0.2, 0) is 0 Å². The first-order valence-electron chi connectivity index (χ1n) is 6.40. The van der Waals surface area contributed by atoms with Crippen LogP contribution < -0.4 is 4.74 Å². The molecule has 2 nitrogen and oxygen atoms in total. The maximum absolute atomic E-state index is 12.3. The Labute approximate surface area is 120 Å². The summed E-state index contributed by atoms with van der Waals surface area (Å²) in [7, 11) is 0. The largest absolute Gasteiger partial charge is 0.492 e. The molecule has 0 aliphatic carbocycles. The maximum atomic E-state index is 12.3. The van der Waals surface area contributed by atoms with Gasteiger partial charge in [-0.15, -0.1) is 0 Å². The number of rotatable bonds is 7. The highest BCUT2D eigenvalue weighted by atomic mass is 35.5. The van der Waals surface area contributed by atoms with Crippen LogP contribution in [0.2, 0.25) is 5.02 Å². The van der Waals surface area contributed by atoms with Crippen molar-refractivity contribution in [1.82, 2.24) is 0 Å². The number of ether oxygens (including phenoxy) is 1. The Hall–Kier alpha value is -1.23. The molecule has 0 N–H and O–H groups in total. The molecule has 0 saturated carbocycles. The Bertz CT molecular complexity index is 458. The molecule has 0 heterocycles. The van der Waals surface area contributed by atoms with Gasteiger partial charge < -0.3 is 4.74 Å². The predicted molar refractivity (Wildman–Crippen MR) is 71.5 cm³/mol. The standard InChI is InChI=1S/C14H16ClF3O2/c1-2-3-4-5-8-20-12-7-6-10(9-11(12)15)13(19)14(16,17)18/h6-7,9H,2-5,8H2,1H3. The van der Waals surface area contributed by atoms with Crippen molar-refractivity contribution in [1.29, 1.82) is 0 Å². The number of ketones is 1. The van der Waals surface area contributed by atoms with Crippen LogP contribution in [0.3, 0.4) is 0 Å². The second-order valence-corrected chi connectivity index (χ2v) is 4.79. The number of hydrogen-bond donors (Lipinski definition) is 0. The zero-order chi connectivity index (χ0) is 15.2. The molecule has 0 fully saturated rings. The van der Waals surface area contributed by atoms with E-state index in [1.165, 1.54) is 6.07 Å². The summed E-state index contributed by atoms with van der Waals surface area (Å²) in [4.78, 5) is 11.0. The summed E-state index contributed by atoms with van der Waals surface area (Å²) in [5.41, 5.74) is -0.485. The highest BCUT2D eigenvalue weighted by Gasteiger charge is 2.39. The number of carbonyl (C=O) groups is 1. The fourth-order valence-electron chi connectivity index (χ4n) is 1.63. The molecular formula is C14H16ClF3O2. The first-order chi connectivity index (χ1) is 9.36. The average Bonchev–Trinajstić information content (AvgIpc) is 2.38. The van der Waals surface area contributed by atoms with Crippen LogP contribution in [0.5, 0.6) is 5.75 Å². The second kappa shape index (κ2) is 7.53. The van der Waals surface area contributed by atoms with Gasteiger partial charge in [0, 0.05) is 5.56 Å². The third-order valence-electron chi connectivity index (χ3n) is 2.71. The Balaban J connectivity index is 2.62. The maximum Gasteiger partial charge on any atom is 0.454 e. The highest BCUT2D eigenvalue weighted by molar-refractivity contribution is 6.32. The van der Waals surface area contributed by atoms with Crippen molar-refractivity contribution in [3.63, 3.8) is 0 Å². The van der Waals surface area contributed by atoms with E-state index in [4.69, 9.17) is 16.3 Å². The lowest BCUT2D eigenvalue weighted by molar-refractivity contribution is -0.0885. The van der Waals surface area contributed by atoms with E-state index < -0.39 is 17.5 Å². The van der Waals surface area contributed by atoms with Crippen LogP contribution in [0, 0.1) is 0 Å². The number of unbranched alkanes of at least 4 members (excludes halogenated alkanes) is 3. The van der Waals surface area contributed by atoms with E-state index in [1.807, 2.05) is 0 Å². The summed E-state index contributed by atoms with van der Waals surface area (Å²) in [6, 6.07) is 3.35. The van der Waals surface area contributed by atoms with Gasteiger partial charge in [0.1, 0.15) is 5.75 Å². The van der Waals surface area contributed by atoms with E-state index in [-0.39, 0.29) is 5.02 Å². The normalized spacial score (nSPS) is 11.4. The monoisotopic (exact) mass is 308 g/mol. The molecule has 20 heavy (non-hydrogen) atoms. The molecule has 0 atom stereocenters. The van der Waals surface area contributed by atoms with E-state index in [0.717, 1.165) is 37.8 Å². The fourth-order valence-corrected chi connectivity index (χ4v) is 1.87. The van der Waals surface area contributed by atoms with Gasteiger partial charge in [-0.3, -0.25) is 4.79 Å². The van der Waals surface area contributed by atoms with Gasteiger partial charge >= 0.3 is 6.18 Å². The molecular weight excluding hydrogens is 293 g/mol. The van der Waals surface area contributed by atoms with Crippen LogP contribution in [-0.4, -0.2) is 18.6 Å². The smallest absolute Gasteiger partial charge is 0.454 e. The first-order valence-corrected chi connectivity index (χ1v) is 6.78. The van der Waals surface area contributed by atoms with Crippen LogP contribution in [0.15, 0.2) is 18.2 Å². The Kier molecular flexibility index (Phi) is 6.33. The summed E-state index contributed by atoms with van der Waals surface area (Å²) >= 11 is 5.82. The molecule has 0 bridgehead atoms. The summed E-state index contributed by atoms with van der Waals surface area (Å²) in [6.45, 7) is 2.54. The molecule has 112 valence electrons. The number of Topliss-reactive ketones (excluding diaryl/α,β-unsaturated/α-hetero) is 1. The number of alkyl halides is 3. The molecule has 1 rings (SSSR count). The van der Waals surface area contributed by atoms with E-state index in [0.29, 0.717) is 12.4 Å².